The van der Waals surface area contributed by atoms with Gasteiger partial charge in [0.25, 0.3) is 5.91 Å². The van der Waals surface area contributed by atoms with Crippen LogP contribution < -0.4 is 15.7 Å². The van der Waals surface area contributed by atoms with Gasteiger partial charge < -0.3 is 14.5 Å². The fourth-order valence-electron chi connectivity index (χ4n) is 3.16. The molecule has 1 heterocycles. The second-order valence-electron chi connectivity index (χ2n) is 7.15. The van der Waals surface area contributed by atoms with Gasteiger partial charge in [0.2, 0.25) is 9.84 Å². The first-order valence-corrected chi connectivity index (χ1v) is 11.1. The third kappa shape index (κ3) is 4.13. The number of carbonyl (C=O) groups is 1. The van der Waals surface area contributed by atoms with Crippen molar-refractivity contribution >= 4 is 32.4 Å². The number of fused-ring (bicyclic) bond motifs is 1. The van der Waals surface area contributed by atoms with Gasteiger partial charge in [-0.25, -0.2) is 13.2 Å². The van der Waals surface area contributed by atoms with E-state index in [9.17, 15) is 18.0 Å². The van der Waals surface area contributed by atoms with Gasteiger partial charge in [-0.15, -0.1) is 0 Å². The van der Waals surface area contributed by atoms with Crippen molar-refractivity contribution < 1.29 is 22.4 Å². The fourth-order valence-corrected chi connectivity index (χ4v) is 4.45. The lowest BCUT2D eigenvalue weighted by Gasteiger charge is -2.08. The Bertz CT molecular complexity index is 1470. The summed E-state index contributed by atoms with van der Waals surface area (Å²) < 4.78 is 36.3. The standard InChI is InChI=1S/C24H19NO6S/c1-15-3-10-20(11-4-15)32(28,29)22-14-17-13-16(5-12-21(17)31-24(22)27)23(26)25-18-6-8-19(30-2)9-7-18/h3-14H,1-2H3,(H,25,26). The van der Waals surface area contributed by atoms with Crippen LogP contribution in [0.1, 0.15) is 15.9 Å². The smallest absolute Gasteiger partial charge is 0.355 e. The minimum Gasteiger partial charge on any atom is -0.497 e. The molecule has 7 nitrogen and oxygen atoms in total. The maximum absolute atomic E-state index is 13.0. The van der Waals surface area contributed by atoms with Gasteiger partial charge in [0, 0.05) is 16.6 Å². The maximum atomic E-state index is 13.0. The molecule has 1 aromatic heterocycles. The summed E-state index contributed by atoms with van der Waals surface area (Å²) in [6.45, 7) is 1.83. The molecule has 4 rings (SSSR count). The average Bonchev–Trinajstić information content (AvgIpc) is 2.79. The Hall–Kier alpha value is -3.91. The molecule has 0 unspecified atom stereocenters. The third-order valence-electron chi connectivity index (χ3n) is 4.93. The molecule has 0 radical (unpaired) electrons. The number of ether oxygens (including phenoxy) is 1. The number of amides is 1. The molecule has 0 atom stereocenters. The van der Waals surface area contributed by atoms with Gasteiger partial charge in [-0.2, -0.15) is 0 Å². The number of hydrogen-bond donors (Lipinski definition) is 1. The van der Waals surface area contributed by atoms with Crippen molar-refractivity contribution in [2.45, 2.75) is 16.7 Å². The Labute approximate surface area is 184 Å². The van der Waals surface area contributed by atoms with Crippen LogP contribution in [0.25, 0.3) is 11.0 Å². The number of carbonyl (C=O) groups excluding carboxylic acids is 1. The molecule has 162 valence electrons. The number of benzene rings is 3. The van der Waals surface area contributed by atoms with Crippen molar-refractivity contribution in [2.75, 3.05) is 12.4 Å². The monoisotopic (exact) mass is 449 g/mol. The number of hydrogen-bond acceptors (Lipinski definition) is 6. The molecular formula is C24H19NO6S. The highest BCUT2D eigenvalue weighted by molar-refractivity contribution is 7.91. The molecule has 0 aliphatic rings. The van der Waals surface area contributed by atoms with Crippen molar-refractivity contribution in [1.82, 2.24) is 0 Å². The highest BCUT2D eigenvalue weighted by Crippen LogP contribution is 2.24. The first-order chi connectivity index (χ1) is 15.3. The van der Waals surface area contributed by atoms with E-state index in [1.807, 2.05) is 6.92 Å². The quantitative estimate of drug-likeness (QED) is 0.458. The van der Waals surface area contributed by atoms with Crippen molar-refractivity contribution in [3.63, 3.8) is 0 Å². The first-order valence-electron chi connectivity index (χ1n) is 9.63. The molecule has 0 fully saturated rings. The van der Waals surface area contributed by atoms with Crippen LogP contribution in [0.5, 0.6) is 5.75 Å². The molecule has 0 saturated carbocycles. The van der Waals surface area contributed by atoms with Crippen LogP contribution in [0.15, 0.2) is 91.8 Å². The number of nitrogens with one attached hydrogen (secondary N) is 1. The Morgan fingerprint density at radius 3 is 2.28 bits per heavy atom. The van der Waals surface area contributed by atoms with Crippen LogP contribution in [-0.2, 0) is 9.84 Å². The zero-order valence-corrected chi connectivity index (χ0v) is 18.1. The van der Waals surface area contributed by atoms with E-state index in [1.165, 1.54) is 36.4 Å². The number of anilines is 1. The maximum Gasteiger partial charge on any atom is 0.355 e. The van der Waals surface area contributed by atoms with Gasteiger partial charge in [-0.05, 0) is 67.6 Å². The van der Waals surface area contributed by atoms with Gasteiger partial charge in [0.15, 0.2) is 4.90 Å². The molecule has 1 amide bonds. The summed E-state index contributed by atoms with van der Waals surface area (Å²) in [5.74, 6) is 0.261. The Balaban J connectivity index is 1.70. The van der Waals surface area contributed by atoms with E-state index in [2.05, 4.69) is 5.32 Å². The van der Waals surface area contributed by atoms with E-state index < -0.39 is 26.3 Å². The number of rotatable bonds is 5. The molecule has 0 spiro atoms. The zero-order valence-electron chi connectivity index (χ0n) is 17.3. The van der Waals surface area contributed by atoms with E-state index in [0.717, 1.165) is 5.56 Å². The largest absolute Gasteiger partial charge is 0.497 e. The number of methoxy groups -OCH3 is 1. The summed E-state index contributed by atoms with van der Waals surface area (Å²) in [5, 5.41) is 3.07. The summed E-state index contributed by atoms with van der Waals surface area (Å²) >= 11 is 0. The lowest BCUT2D eigenvalue weighted by molar-refractivity contribution is 0.102. The Kier molecular flexibility index (Phi) is 5.54. The molecule has 4 aromatic rings. The Morgan fingerprint density at radius 1 is 0.938 bits per heavy atom. The van der Waals surface area contributed by atoms with Gasteiger partial charge in [0.05, 0.1) is 12.0 Å². The van der Waals surface area contributed by atoms with Crippen molar-refractivity contribution in [2.24, 2.45) is 0 Å². The summed E-state index contributed by atoms with van der Waals surface area (Å²) in [6.07, 6.45) is 0. The molecule has 0 aliphatic heterocycles. The van der Waals surface area contributed by atoms with E-state index in [4.69, 9.17) is 9.15 Å². The highest BCUT2D eigenvalue weighted by Gasteiger charge is 2.23. The van der Waals surface area contributed by atoms with Crippen LogP contribution >= 0.6 is 0 Å². The Morgan fingerprint density at radius 2 is 1.62 bits per heavy atom. The predicted octanol–water partition coefficient (Wildman–Crippen LogP) is 4.20. The second-order valence-corrected chi connectivity index (χ2v) is 9.07. The molecule has 8 heteroatoms. The van der Waals surface area contributed by atoms with Crippen molar-refractivity contribution in [1.29, 1.82) is 0 Å². The summed E-state index contributed by atoms with van der Waals surface area (Å²) in [7, 11) is -2.53. The lowest BCUT2D eigenvalue weighted by atomic mass is 10.1. The fraction of sp³-hybridized carbons (Fsp3) is 0.0833. The van der Waals surface area contributed by atoms with Gasteiger partial charge >= 0.3 is 5.63 Å². The molecule has 0 saturated heterocycles. The van der Waals surface area contributed by atoms with E-state index >= 15 is 0 Å². The third-order valence-corrected chi connectivity index (χ3v) is 6.69. The second kappa shape index (κ2) is 8.32. The summed E-state index contributed by atoms with van der Waals surface area (Å²) in [5.41, 5.74) is 0.952. The molecule has 0 aliphatic carbocycles. The molecule has 32 heavy (non-hydrogen) atoms. The van der Waals surface area contributed by atoms with Crippen molar-refractivity contribution in [3.05, 3.63) is 94.3 Å². The normalized spacial score (nSPS) is 11.3. The van der Waals surface area contributed by atoms with Crippen molar-refractivity contribution in [3.8, 4) is 5.75 Å². The van der Waals surface area contributed by atoms with Crippen LogP contribution in [0.4, 0.5) is 5.69 Å². The topological polar surface area (TPSA) is 103 Å². The van der Waals surface area contributed by atoms with E-state index in [0.29, 0.717) is 16.8 Å². The van der Waals surface area contributed by atoms with E-state index in [1.54, 1.807) is 43.5 Å². The van der Waals surface area contributed by atoms with E-state index in [-0.39, 0.29) is 16.0 Å². The SMILES string of the molecule is COc1ccc(NC(=O)c2ccc3oc(=O)c(S(=O)(=O)c4ccc(C)cc4)cc3c2)cc1. The number of aryl methyl sites for hydroxylation is 1. The van der Waals surface area contributed by atoms with Gasteiger partial charge in [0.1, 0.15) is 11.3 Å². The molecule has 0 bridgehead atoms. The first kappa shape index (κ1) is 21.3. The summed E-state index contributed by atoms with van der Waals surface area (Å²) in [6, 6.07) is 18.7. The molecule has 1 N–H and O–H groups in total. The average molecular weight is 449 g/mol. The van der Waals surface area contributed by atoms with Gasteiger partial charge in [-0.1, -0.05) is 17.7 Å². The number of sulfone groups is 1. The molecule has 3 aromatic carbocycles. The minimum absolute atomic E-state index is 0.0110. The van der Waals surface area contributed by atoms with Crippen LogP contribution in [0.2, 0.25) is 0 Å². The van der Waals surface area contributed by atoms with Crippen LogP contribution in [-0.4, -0.2) is 21.4 Å². The molecular weight excluding hydrogens is 430 g/mol. The van der Waals surface area contributed by atoms with Crippen LogP contribution in [0.3, 0.4) is 0 Å². The predicted molar refractivity (Wildman–Crippen MR) is 120 cm³/mol. The summed E-state index contributed by atoms with van der Waals surface area (Å²) in [4.78, 5) is 24.6. The lowest BCUT2D eigenvalue weighted by Crippen LogP contribution is -2.15. The highest BCUT2D eigenvalue weighted by atomic mass is 32.2. The van der Waals surface area contributed by atoms with Gasteiger partial charge in [-0.3, -0.25) is 4.79 Å². The minimum atomic E-state index is -4.08. The zero-order chi connectivity index (χ0) is 22.9. The van der Waals surface area contributed by atoms with Crippen LogP contribution in [0, 0.1) is 6.92 Å².